The highest BCUT2D eigenvalue weighted by atomic mass is 79.9. The van der Waals surface area contributed by atoms with Crippen molar-refractivity contribution < 1.29 is 4.79 Å². The lowest BCUT2D eigenvalue weighted by Crippen LogP contribution is -2.34. The SMILES string of the molecule is CCC(CC)NC(=O)Cc1ccc(Br)cc1. The van der Waals surface area contributed by atoms with E-state index in [4.69, 9.17) is 0 Å². The lowest BCUT2D eigenvalue weighted by atomic mass is 10.1. The zero-order valence-corrected chi connectivity index (χ0v) is 11.4. The maximum atomic E-state index is 11.7. The monoisotopic (exact) mass is 283 g/mol. The van der Waals surface area contributed by atoms with Crippen LogP contribution >= 0.6 is 15.9 Å². The summed E-state index contributed by atoms with van der Waals surface area (Å²) in [5.74, 6) is 0.107. The topological polar surface area (TPSA) is 29.1 Å². The van der Waals surface area contributed by atoms with Crippen LogP contribution in [-0.2, 0) is 11.2 Å². The molecule has 1 N–H and O–H groups in total. The number of benzene rings is 1. The summed E-state index contributed by atoms with van der Waals surface area (Å²) in [5, 5.41) is 3.03. The molecule has 0 saturated heterocycles. The van der Waals surface area contributed by atoms with Gasteiger partial charge in [0, 0.05) is 10.5 Å². The Kier molecular flexibility index (Phi) is 5.53. The minimum absolute atomic E-state index is 0.107. The van der Waals surface area contributed by atoms with E-state index in [2.05, 4.69) is 35.1 Å². The highest BCUT2D eigenvalue weighted by molar-refractivity contribution is 9.10. The number of carbonyl (C=O) groups is 1. The van der Waals surface area contributed by atoms with Crippen molar-refractivity contribution in [1.82, 2.24) is 5.32 Å². The Labute approximate surface area is 106 Å². The van der Waals surface area contributed by atoms with Gasteiger partial charge in [-0.2, -0.15) is 0 Å². The van der Waals surface area contributed by atoms with Crippen LogP contribution in [0.15, 0.2) is 28.7 Å². The quantitative estimate of drug-likeness (QED) is 0.883. The van der Waals surface area contributed by atoms with Crippen LogP contribution < -0.4 is 5.32 Å². The molecule has 1 aromatic rings. The first-order chi connectivity index (χ1) is 7.65. The van der Waals surface area contributed by atoms with E-state index in [9.17, 15) is 4.79 Å². The van der Waals surface area contributed by atoms with E-state index in [1.54, 1.807) is 0 Å². The third kappa shape index (κ3) is 4.35. The van der Waals surface area contributed by atoms with Gasteiger partial charge in [0.05, 0.1) is 6.42 Å². The minimum Gasteiger partial charge on any atom is -0.353 e. The van der Waals surface area contributed by atoms with E-state index in [1.807, 2.05) is 24.3 Å². The van der Waals surface area contributed by atoms with Gasteiger partial charge in [-0.1, -0.05) is 41.9 Å². The molecule has 88 valence electrons. The third-order valence-corrected chi connectivity index (χ3v) is 3.16. The molecule has 1 aromatic carbocycles. The zero-order valence-electron chi connectivity index (χ0n) is 9.79. The van der Waals surface area contributed by atoms with Crippen molar-refractivity contribution in [2.24, 2.45) is 0 Å². The Morgan fingerprint density at radius 2 is 1.81 bits per heavy atom. The summed E-state index contributed by atoms with van der Waals surface area (Å²) in [6.07, 6.45) is 2.44. The van der Waals surface area contributed by atoms with E-state index >= 15 is 0 Å². The molecule has 0 bridgehead atoms. The molecule has 2 nitrogen and oxygen atoms in total. The van der Waals surface area contributed by atoms with Crippen molar-refractivity contribution in [3.05, 3.63) is 34.3 Å². The van der Waals surface area contributed by atoms with Crippen LogP contribution in [-0.4, -0.2) is 11.9 Å². The average molecular weight is 284 g/mol. The molecule has 0 aromatic heterocycles. The molecule has 1 rings (SSSR count). The van der Waals surface area contributed by atoms with Crippen LogP contribution in [0.1, 0.15) is 32.3 Å². The Balaban J connectivity index is 2.48. The van der Waals surface area contributed by atoms with Gasteiger partial charge in [0.15, 0.2) is 0 Å². The molecule has 0 saturated carbocycles. The second-order valence-corrected chi connectivity index (χ2v) is 4.80. The van der Waals surface area contributed by atoms with Crippen LogP contribution in [0.2, 0.25) is 0 Å². The maximum absolute atomic E-state index is 11.7. The Hall–Kier alpha value is -0.830. The van der Waals surface area contributed by atoms with Gasteiger partial charge < -0.3 is 5.32 Å². The number of amides is 1. The number of hydrogen-bond acceptors (Lipinski definition) is 1. The maximum Gasteiger partial charge on any atom is 0.224 e. The summed E-state index contributed by atoms with van der Waals surface area (Å²) in [6, 6.07) is 8.16. The van der Waals surface area contributed by atoms with E-state index in [0.717, 1.165) is 22.9 Å². The van der Waals surface area contributed by atoms with Crippen molar-refractivity contribution in [2.45, 2.75) is 39.2 Å². The van der Waals surface area contributed by atoms with Gasteiger partial charge in [-0.25, -0.2) is 0 Å². The molecule has 0 heterocycles. The van der Waals surface area contributed by atoms with Gasteiger partial charge in [-0.05, 0) is 30.5 Å². The third-order valence-electron chi connectivity index (χ3n) is 2.63. The number of nitrogens with one attached hydrogen (secondary N) is 1. The van der Waals surface area contributed by atoms with Gasteiger partial charge in [0.2, 0.25) is 5.91 Å². The number of carbonyl (C=O) groups excluding carboxylic acids is 1. The molecule has 0 aliphatic carbocycles. The van der Waals surface area contributed by atoms with E-state index < -0.39 is 0 Å². The van der Waals surface area contributed by atoms with Crippen LogP contribution in [0.4, 0.5) is 0 Å². The van der Waals surface area contributed by atoms with Crippen molar-refractivity contribution in [3.63, 3.8) is 0 Å². The molecule has 1 amide bonds. The summed E-state index contributed by atoms with van der Waals surface area (Å²) in [4.78, 5) is 11.7. The predicted octanol–water partition coefficient (Wildman–Crippen LogP) is 3.30. The van der Waals surface area contributed by atoms with E-state index in [1.165, 1.54) is 0 Å². The zero-order chi connectivity index (χ0) is 12.0. The molecule has 3 heteroatoms. The summed E-state index contributed by atoms with van der Waals surface area (Å²) in [7, 11) is 0. The van der Waals surface area contributed by atoms with Crippen LogP contribution in [0.3, 0.4) is 0 Å². The molecule has 0 atom stereocenters. The molecular weight excluding hydrogens is 266 g/mol. The summed E-state index contributed by atoms with van der Waals surface area (Å²) in [5.41, 5.74) is 1.05. The summed E-state index contributed by atoms with van der Waals surface area (Å²) < 4.78 is 1.04. The second-order valence-electron chi connectivity index (χ2n) is 3.88. The highest BCUT2D eigenvalue weighted by Crippen LogP contribution is 2.11. The molecule has 0 aliphatic rings. The molecule has 0 aliphatic heterocycles. The number of halogens is 1. The molecule has 0 unspecified atom stereocenters. The summed E-state index contributed by atoms with van der Waals surface area (Å²) >= 11 is 3.37. The smallest absolute Gasteiger partial charge is 0.224 e. The Morgan fingerprint density at radius 1 is 1.25 bits per heavy atom. The van der Waals surface area contributed by atoms with Crippen molar-refractivity contribution in [2.75, 3.05) is 0 Å². The number of rotatable bonds is 5. The van der Waals surface area contributed by atoms with Gasteiger partial charge in [-0.3, -0.25) is 4.79 Å². The molecule has 16 heavy (non-hydrogen) atoms. The lowest BCUT2D eigenvalue weighted by molar-refractivity contribution is -0.121. The molecule has 0 spiro atoms. The highest BCUT2D eigenvalue weighted by Gasteiger charge is 2.08. The van der Waals surface area contributed by atoms with Crippen LogP contribution in [0, 0.1) is 0 Å². The van der Waals surface area contributed by atoms with Crippen LogP contribution in [0.25, 0.3) is 0 Å². The lowest BCUT2D eigenvalue weighted by Gasteiger charge is -2.14. The number of hydrogen-bond donors (Lipinski definition) is 1. The normalized spacial score (nSPS) is 10.5. The van der Waals surface area contributed by atoms with Gasteiger partial charge in [0.1, 0.15) is 0 Å². The fourth-order valence-corrected chi connectivity index (χ4v) is 1.82. The Morgan fingerprint density at radius 3 is 2.31 bits per heavy atom. The fourth-order valence-electron chi connectivity index (χ4n) is 1.56. The first-order valence-corrected chi connectivity index (χ1v) is 6.48. The van der Waals surface area contributed by atoms with Crippen molar-refractivity contribution in [1.29, 1.82) is 0 Å². The second kappa shape index (κ2) is 6.69. The predicted molar refractivity (Wildman–Crippen MR) is 70.4 cm³/mol. The molecule has 0 radical (unpaired) electrons. The Bertz CT molecular complexity index is 330. The molecule has 0 fully saturated rings. The van der Waals surface area contributed by atoms with Crippen molar-refractivity contribution >= 4 is 21.8 Å². The van der Waals surface area contributed by atoms with Gasteiger partial charge in [0.25, 0.3) is 0 Å². The first-order valence-electron chi connectivity index (χ1n) is 5.69. The summed E-state index contributed by atoms with van der Waals surface area (Å²) in [6.45, 7) is 4.18. The molecular formula is C13H18BrNO. The van der Waals surface area contributed by atoms with E-state index in [0.29, 0.717) is 12.5 Å². The average Bonchev–Trinajstić information content (AvgIpc) is 2.29. The fraction of sp³-hybridized carbons (Fsp3) is 0.462. The van der Waals surface area contributed by atoms with Gasteiger partial charge in [-0.15, -0.1) is 0 Å². The van der Waals surface area contributed by atoms with Crippen LogP contribution in [0.5, 0.6) is 0 Å². The largest absolute Gasteiger partial charge is 0.353 e. The minimum atomic E-state index is 0.107. The van der Waals surface area contributed by atoms with Gasteiger partial charge >= 0.3 is 0 Å². The first kappa shape index (κ1) is 13.2. The van der Waals surface area contributed by atoms with Crippen molar-refractivity contribution in [3.8, 4) is 0 Å². The standard InChI is InChI=1S/C13H18BrNO/c1-3-12(4-2)15-13(16)9-10-5-7-11(14)8-6-10/h5-8,12H,3-4,9H2,1-2H3,(H,15,16). The van der Waals surface area contributed by atoms with E-state index in [-0.39, 0.29) is 5.91 Å².